The fraction of sp³-hybridized carbons (Fsp3) is 1.00. The summed E-state index contributed by atoms with van der Waals surface area (Å²) in [5, 5.41) is 0. The third-order valence-corrected chi connectivity index (χ3v) is 5.25. The molecule has 3 fully saturated rings. The summed E-state index contributed by atoms with van der Waals surface area (Å²) in [5.74, 6) is -7.96. The van der Waals surface area contributed by atoms with Gasteiger partial charge >= 0.3 is 11.8 Å². The summed E-state index contributed by atoms with van der Waals surface area (Å²) in [6.45, 7) is 0.383. The molecule has 3 rings (SSSR count). The minimum atomic E-state index is -3.98. The van der Waals surface area contributed by atoms with Gasteiger partial charge in [0.15, 0.2) is 0 Å². The smallest absolute Gasteiger partial charge is 0.317 e. The molecule has 5 nitrogen and oxygen atoms in total. The number of halogens is 6. The van der Waals surface area contributed by atoms with Crippen LogP contribution in [0.5, 0.6) is 0 Å². The Hall–Kier alpha value is -0.620. The minimum absolute atomic E-state index is 0.0212. The number of morpholine rings is 2. The van der Waals surface area contributed by atoms with E-state index in [0.29, 0.717) is 0 Å². The van der Waals surface area contributed by atoms with E-state index in [9.17, 15) is 26.3 Å². The van der Waals surface area contributed by atoms with E-state index in [2.05, 4.69) is 0 Å². The Labute approximate surface area is 153 Å². The predicted octanol–water partition coefficient (Wildman–Crippen LogP) is 2.06. The molecule has 0 radical (unpaired) electrons. The van der Waals surface area contributed by atoms with Crippen LogP contribution in [-0.4, -0.2) is 99.1 Å². The van der Waals surface area contributed by atoms with Crippen LogP contribution >= 0.6 is 0 Å². The molecule has 4 unspecified atom stereocenters. The molecule has 0 aromatic rings. The molecule has 27 heavy (non-hydrogen) atoms. The van der Waals surface area contributed by atoms with Gasteiger partial charge in [-0.1, -0.05) is 0 Å². The van der Waals surface area contributed by atoms with Crippen LogP contribution in [0, 0.1) is 0 Å². The van der Waals surface area contributed by atoms with Crippen LogP contribution in [0.25, 0.3) is 0 Å². The van der Waals surface area contributed by atoms with Crippen LogP contribution in [0.1, 0.15) is 12.8 Å². The molecule has 0 saturated carbocycles. The van der Waals surface area contributed by atoms with Crippen molar-refractivity contribution in [3.8, 4) is 0 Å². The maximum Gasteiger partial charge on any atom is 0.317 e. The molecule has 0 N–H and O–H groups in total. The fourth-order valence-electron chi connectivity index (χ4n) is 3.61. The van der Waals surface area contributed by atoms with Gasteiger partial charge in [-0.2, -0.15) is 17.6 Å². The van der Waals surface area contributed by atoms with Gasteiger partial charge in [-0.3, -0.25) is 9.80 Å². The number of ether oxygens (including phenoxy) is 3. The first-order chi connectivity index (χ1) is 12.7. The zero-order valence-corrected chi connectivity index (χ0v) is 14.8. The summed E-state index contributed by atoms with van der Waals surface area (Å²) in [5.41, 5.74) is 0. The summed E-state index contributed by atoms with van der Waals surface area (Å²) in [6, 6.07) is 0. The van der Waals surface area contributed by atoms with Crippen molar-refractivity contribution in [2.45, 2.75) is 49.5 Å². The SMILES string of the molecule is FC(N1CCOCC1)C(F)(F)C1CCC(C(F)(F)C(F)N2CCOCC2)O1. The van der Waals surface area contributed by atoms with E-state index in [1.165, 1.54) is 0 Å². The molecule has 0 aromatic heterocycles. The molecule has 158 valence electrons. The lowest BCUT2D eigenvalue weighted by atomic mass is 10.0. The fourth-order valence-corrected chi connectivity index (χ4v) is 3.61. The third kappa shape index (κ3) is 4.36. The Bertz CT molecular complexity index is 447. The lowest BCUT2D eigenvalue weighted by Gasteiger charge is -2.37. The van der Waals surface area contributed by atoms with Crippen molar-refractivity contribution in [1.29, 1.82) is 0 Å². The first-order valence-corrected chi connectivity index (χ1v) is 9.07. The second kappa shape index (κ2) is 8.40. The summed E-state index contributed by atoms with van der Waals surface area (Å²) >= 11 is 0. The maximum atomic E-state index is 14.5. The van der Waals surface area contributed by atoms with Gasteiger partial charge in [-0.15, -0.1) is 0 Å². The Morgan fingerprint density at radius 3 is 1.33 bits per heavy atom. The van der Waals surface area contributed by atoms with Gasteiger partial charge in [0.25, 0.3) is 0 Å². The van der Waals surface area contributed by atoms with Gasteiger partial charge in [0.2, 0.25) is 12.6 Å². The molecule has 3 aliphatic rings. The van der Waals surface area contributed by atoms with Crippen molar-refractivity contribution < 1.29 is 40.6 Å². The minimum Gasteiger partial charge on any atom is -0.379 e. The molecule has 0 spiro atoms. The van der Waals surface area contributed by atoms with Crippen molar-refractivity contribution in [3.05, 3.63) is 0 Å². The summed E-state index contributed by atoms with van der Waals surface area (Å²) in [6.07, 6.45) is -10.3. The zero-order chi connectivity index (χ0) is 19.7. The van der Waals surface area contributed by atoms with Crippen molar-refractivity contribution in [2.24, 2.45) is 0 Å². The molecule has 3 aliphatic heterocycles. The largest absolute Gasteiger partial charge is 0.379 e. The van der Waals surface area contributed by atoms with Gasteiger partial charge in [-0.25, -0.2) is 8.78 Å². The lowest BCUT2D eigenvalue weighted by molar-refractivity contribution is -0.251. The molecule has 11 heteroatoms. The van der Waals surface area contributed by atoms with E-state index in [1.54, 1.807) is 0 Å². The van der Waals surface area contributed by atoms with Crippen LogP contribution in [0.2, 0.25) is 0 Å². The molecule has 0 aromatic carbocycles. The van der Waals surface area contributed by atoms with E-state index in [-0.39, 0.29) is 52.6 Å². The van der Waals surface area contributed by atoms with E-state index in [0.717, 1.165) is 9.80 Å². The van der Waals surface area contributed by atoms with Crippen LogP contribution in [0.3, 0.4) is 0 Å². The number of hydrogen-bond donors (Lipinski definition) is 0. The average Bonchev–Trinajstić information content (AvgIpc) is 3.20. The van der Waals surface area contributed by atoms with Crippen molar-refractivity contribution >= 4 is 0 Å². The molecule has 3 saturated heterocycles. The number of alkyl halides is 6. The van der Waals surface area contributed by atoms with Gasteiger partial charge in [0.1, 0.15) is 12.2 Å². The average molecular weight is 406 g/mol. The zero-order valence-electron chi connectivity index (χ0n) is 14.8. The topological polar surface area (TPSA) is 34.2 Å². The monoisotopic (exact) mass is 406 g/mol. The quantitative estimate of drug-likeness (QED) is 0.498. The molecular weight excluding hydrogens is 382 g/mol. The maximum absolute atomic E-state index is 14.5. The first kappa shape index (κ1) is 21.1. The highest BCUT2D eigenvalue weighted by atomic mass is 19.3. The van der Waals surface area contributed by atoms with Crippen molar-refractivity contribution in [1.82, 2.24) is 9.80 Å². The van der Waals surface area contributed by atoms with Crippen molar-refractivity contribution in [3.63, 3.8) is 0 Å². The highest BCUT2D eigenvalue weighted by molar-refractivity contribution is 4.96. The van der Waals surface area contributed by atoms with Crippen LogP contribution in [0.4, 0.5) is 26.3 Å². The highest BCUT2D eigenvalue weighted by Gasteiger charge is 2.60. The Morgan fingerprint density at radius 1 is 0.667 bits per heavy atom. The Morgan fingerprint density at radius 2 is 1.00 bits per heavy atom. The lowest BCUT2D eigenvalue weighted by Crippen LogP contribution is -2.56. The first-order valence-electron chi connectivity index (χ1n) is 9.07. The third-order valence-electron chi connectivity index (χ3n) is 5.25. The number of rotatable bonds is 6. The second-order valence-corrected chi connectivity index (χ2v) is 7.01. The summed E-state index contributed by atoms with van der Waals surface area (Å²) < 4.78 is 101. The normalized spacial score (nSPS) is 31.8. The summed E-state index contributed by atoms with van der Waals surface area (Å²) in [4.78, 5) is 1.81. The standard InChI is InChI=1S/C16H24F6N2O3/c17-13(23-3-7-25-8-4-23)15(19,20)11-1-2-12(27-11)16(21,22)14(18)24-5-9-26-10-6-24/h11-14H,1-10H2. The molecule has 0 aliphatic carbocycles. The molecule has 4 atom stereocenters. The van der Waals surface area contributed by atoms with Crippen LogP contribution < -0.4 is 0 Å². The number of nitrogens with zero attached hydrogens (tertiary/aromatic N) is 2. The molecular formula is C16H24F6N2O3. The number of hydrogen-bond acceptors (Lipinski definition) is 5. The predicted molar refractivity (Wildman–Crippen MR) is 82.4 cm³/mol. The van der Waals surface area contributed by atoms with E-state index < -0.39 is 49.5 Å². The van der Waals surface area contributed by atoms with E-state index in [1.807, 2.05) is 0 Å². The van der Waals surface area contributed by atoms with E-state index in [4.69, 9.17) is 14.2 Å². The molecule has 0 bridgehead atoms. The summed E-state index contributed by atoms with van der Waals surface area (Å²) in [7, 11) is 0. The van der Waals surface area contributed by atoms with E-state index >= 15 is 0 Å². The van der Waals surface area contributed by atoms with Gasteiger partial charge in [-0.05, 0) is 12.8 Å². The van der Waals surface area contributed by atoms with Crippen LogP contribution in [-0.2, 0) is 14.2 Å². The molecule has 0 amide bonds. The van der Waals surface area contributed by atoms with Gasteiger partial charge in [0.05, 0.1) is 26.4 Å². The van der Waals surface area contributed by atoms with Crippen molar-refractivity contribution in [2.75, 3.05) is 52.6 Å². The molecule has 3 heterocycles. The second-order valence-electron chi connectivity index (χ2n) is 7.01. The Kier molecular flexibility index (Phi) is 6.56. The van der Waals surface area contributed by atoms with Gasteiger partial charge in [0, 0.05) is 26.2 Å². The van der Waals surface area contributed by atoms with Gasteiger partial charge < -0.3 is 14.2 Å². The van der Waals surface area contributed by atoms with Crippen LogP contribution in [0.15, 0.2) is 0 Å². The Balaban J connectivity index is 1.62. The highest BCUT2D eigenvalue weighted by Crippen LogP contribution is 2.43.